The van der Waals surface area contributed by atoms with Crippen molar-refractivity contribution in [3.05, 3.63) is 143 Å². The number of esters is 1. The van der Waals surface area contributed by atoms with Gasteiger partial charge in [0.1, 0.15) is 23.3 Å². The predicted molar refractivity (Wildman–Crippen MR) is 214 cm³/mol. The number of ether oxygens (including phenoxy) is 1. The summed E-state index contributed by atoms with van der Waals surface area (Å²) in [5.74, 6) is 4.67. The van der Waals surface area contributed by atoms with Gasteiger partial charge in [-0.05, 0) is 96.7 Å². The molecule has 6 atom stereocenters. The Labute approximate surface area is 328 Å². The van der Waals surface area contributed by atoms with E-state index in [1.165, 1.54) is 6.42 Å². The Morgan fingerprint density at radius 1 is 0.750 bits per heavy atom. The van der Waals surface area contributed by atoms with Gasteiger partial charge in [-0.25, -0.2) is 0 Å². The van der Waals surface area contributed by atoms with Gasteiger partial charge in [0, 0.05) is 24.3 Å². The van der Waals surface area contributed by atoms with Crippen LogP contribution in [0.5, 0.6) is 5.75 Å². The Bertz CT molecular complexity index is 2220. The molecule has 3 saturated heterocycles. The quantitative estimate of drug-likeness (QED) is 0.161. The average molecular weight is 746 g/mol. The number of fused-ring (bicyclic) bond motifs is 3. The van der Waals surface area contributed by atoms with Crippen LogP contribution < -0.4 is 5.32 Å². The highest BCUT2D eigenvalue weighted by atomic mass is 16.6. The first-order chi connectivity index (χ1) is 27.4. The van der Waals surface area contributed by atoms with Crippen LogP contribution in [0.2, 0.25) is 0 Å². The topological polar surface area (TPSA) is 99.2 Å². The van der Waals surface area contributed by atoms with Crippen molar-refractivity contribution in [2.24, 2.45) is 5.92 Å². The van der Waals surface area contributed by atoms with Crippen LogP contribution in [0.15, 0.2) is 115 Å². The van der Waals surface area contributed by atoms with Crippen molar-refractivity contribution < 1.29 is 24.2 Å². The van der Waals surface area contributed by atoms with Crippen LogP contribution in [0.4, 0.5) is 5.69 Å². The number of nitrogens with zero attached hydrogens (tertiary/aromatic N) is 2. The number of hydrogen-bond donors (Lipinski definition) is 2. The van der Waals surface area contributed by atoms with E-state index in [0.717, 1.165) is 73.6 Å². The Morgan fingerprint density at radius 3 is 2.14 bits per heavy atom. The molecule has 3 fully saturated rings. The number of hydrogen-bond acceptors (Lipinski definition) is 6. The van der Waals surface area contributed by atoms with E-state index in [0.29, 0.717) is 29.9 Å². The molecule has 1 aliphatic carbocycles. The highest BCUT2D eigenvalue weighted by Crippen LogP contribution is 2.65. The molecule has 4 aromatic rings. The summed E-state index contributed by atoms with van der Waals surface area (Å²) in [6.45, 7) is 1.11. The van der Waals surface area contributed by atoms with Gasteiger partial charge in [0.15, 0.2) is 0 Å². The molecule has 5 aliphatic rings. The van der Waals surface area contributed by atoms with Crippen LogP contribution >= 0.6 is 0 Å². The molecule has 2 amide bonds. The molecule has 4 heterocycles. The normalized spacial score (nSPS) is 27.5. The number of carbonyl (C=O) groups is 3. The maximum absolute atomic E-state index is 15.7. The summed E-state index contributed by atoms with van der Waals surface area (Å²) in [4.78, 5) is 50.2. The van der Waals surface area contributed by atoms with Gasteiger partial charge >= 0.3 is 5.97 Å². The van der Waals surface area contributed by atoms with Crippen LogP contribution in [0.3, 0.4) is 0 Å². The fraction of sp³-hybridized carbons (Fsp3) is 0.354. The van der Waals surface area contributed by atoms with Gasteiger partial charge in [-0.3, -0.25) is 19.3 Å². The Kier molecular flexibility index (Phi) is 9.72. The summed E-state index contributed by atoms with van der Waals surface area (Å²) in [5, 5.41) is 13.8. The minimum atomic E-state index is -1.56. The Morgan fingerprint density at radius 2 is 1.45 bits per heavy atom. The standard InChI is InChI=1S/C48H47N3O5/c52-37-26-24-36(25-27-37)44-48(38-31-33(23-28-39(38)49-47(48)55)22-21-32-15-7-4-8-16-32)40(45(53)50-29-13-2-1-3-14-30-50)42-46(54)56-43(35-19-11-6-12-20-35)41(51(42)44)34-17-9-5-10-18-34/h5-6,9-12,15,17-20,23-28,31,40-44,52H,1-4,7-8,13-14,16,29-30H2,(H,49,55). The van der Waals surface area contributed by atoms with E-state index in [2.05, 4.69) is 28.1 Å². The van der Waals surface area contributed by atoms with Crippen molar-refractivity contribution >= 4 is 23.5 Å². The molecule has 0 saturated carbocycles. The summed E-state index contributed by atoms with van der Waals surface area (Å²) in [6, 6.07) is 29.9. The predicted octanol–water partition coefficient (Wildman–Crippen LogP) is 8.31. The first-order valence-electron chi connectivity index (χ1n) is 20.3. The molecule has 8 heteroatoms. The van der Waals surface area contributed by atoms with Gasteiger partial charge in [0.05, 0.1) is 18.0 Å². The van der Waals surface area contributed by atoms with Crippen molar-refractivity contribution in [2.75, 3.05) is 18.4 Å². The fourth-order valence-corrected chi connectivity index (χ4v) is 10.1. The van der Waals surface area contributed by atoms with E-state index in [9.17, 15) is 5.11 Å². The number of cyclic esters (lactones) is 1. The second kappa shape index (κ2) is 15.1. The molecule has 8 nitrogen and oxygen atoms in total. The van der Waals surface area contributed by atoms with Crippen LogP contribution in [-0.4, -0.2) is 51.8 Å². The fourth-order valence-electron chi connectivity index (χ4n) is 10.1. The molecule has 9 rings (SSSR count). The van der Waals surface area contributed by atoms with Gasteiger partial charge in [-0.15, -0.1) is 0 Å². The molecule has 1 spiro atoms. The number of anilines is 1. The van der Waals surface area contributed by atoms with Crippen molar-refractivity contribution in [1.29, 1.82) is 0 Å². The summed E-state index contributed by atoms with van der Waals surface area (Å²) in [5.41, 5.74) is 3.98. The molecular weight excluding hydrogens is 699 g/mol. The summed E-state index contributed by atoms with van der Waals surface area (Å²) in [6.07, 6.45) is 10.6. The molecule has 0 aromatic heterocycles. The minimum Gasteiger partial charge on any atom is -0.508 e. The van der Waals surface area contributed by atoms with E-state index < -0.39 is 41.5 Å². The minimum absolute atomic E-state index is 0.0799. The lowest BCUT2D eigenvalue weighted by Crippen LogP contribution is -2.55. The van der Waals surface area contributed by atoms with Crippen molar-refractivity contribution in [1.82, 2.24) is 9.80 Å². The van der Waals surface area contributed by atoms with Crippen LogP contribution in [0.25, 0.3) is 0 Å². The molecule has 0 radical (unpaired) electrons. The average Bonchev–Trinajstić information content (AvgIpc) is 3.69. The number of rotatable bonds is 4. The first-order valence-corrected chi connectivity index (χ1v) is 20.3. The number of phenols is 1. The van der Waals surface area contributed by atoms with Crippen LogP contribution in [0, 0.1) is 17.8 Å². The van der Waals surface area contributed by atoms with E-state index in [1.54, 1.807) is 12.1 Å². The van der Waals surface area contributed by atoms with Crippen molar-refractivity contribution in [3.8, 4) is 17.6 Å². The number of likely N-dealkylation sites (tertiary alicyclic amines) is 1. The second-order valence-electron chi connectivity index (χ2n) is 15.9. The lowest BCUT2D eigenvalue weighted by Gasteiger charge is -2.46. The molecular formula is C48H47N3O5. The monoisotopic (exact) mass is 745 g/mol. The van der Waals surface area contributed by atoms with Gasteiger partial charge in [-0.1, -0.05) is 110 Å². The number of amides is 2. The molecule has 4 aromatic carbocycles. The Balaban J connectivity index is 1.31. The van der Waals surface area contributed by atoms with E-state index in [1.807, 2.05) is 95.9 Å². The van der Waals surface area contributed by atoms with Crippen molar-refractivity contribution in [3.63, 3.8) is 0 Å². The number of nitrogens with one attached hydrogen (secondary N) is 1. The number of carbonyl (C=O) groups excluding carboxylic acids is 3. The van der Waals surface area contributed by atoms with Crippen molar-refractivity contribution in [2.45, 2.75) is 87.4 Å². The number of benzene rings is 4. The molecule has 2 N–H and O–H groups in total. The second-order valence-corrected chi connectivity index (χ2v) is 15.9. The molecule has 6 unspecified atom stereocenters. The number of phenolic OH excluding ortho intramolecular Hbond substituents is 1. The maximum atomic E-state index is 15.7. The van der Waals surface area contributed by atoms with E-state index in [4.69, 9.17) is 4.74 Å². The van der Waals surface area contributed by atoms with Gasteiger partial charge in [0.25, 0.3) is 0 Å². The third kappa shape index (κ3) is 6.19. The third-order valence-electron chi connectivity index (χ3n) is 12.6. The van der Waals surface area contributed by atoms with Gasteiger partial charge in [0.2, 0.25) is 11.8 Å². The van der Waals surface area contributed by atoms with Crippen LogP contribution in [-0.2, 0) is 24.5 Å². The lowest BCUT2D eigenvalue weighted by molar-refractivity contribution is -0.179. The summed E-state index contributed by atoms with van der Waals surface area (Å²) in [7, 11) is 0. The zero-order chi connectivity index (χ0) is 38.2. The molecule has 284 valence electrons. The summed E-state index contributed by atoms with van der Waals surface area (Å²) >= 11 is 0. The highest BCUT2D eigenvalue weighted by molar-refractivity contribution is 6.12. The smallest absolute Gasteiger partial charge is 0.324 e. The number of morpholine rings is 1. The van der Waals surface area contributed by atoms with E-state index in [-0.39, 0.29) is 17.6 Å². The largest absolute Gasteiger partial charge is 0.508 e. The zero-order valence-electron chi connectivity index (χ0n) is 31.5. The zero-order valence-corrected chi connectivity index (χ0v) is 31.5. The molecule has 0 bridgehead atoms. The van der Waals surface area contributed by atoms with E-state index >= 15 is 14.4 Å². The van der Waals surface area contributed by atoms with Gasteiger partial charge < -0.3 is 20.1 Å². The Hall–Kier alpha value is -5.65. The highest BCUT2D eigenvalue weighted by Gasteiger charge is 2.74. The third-order valence-corrected chi connectivity index (χ3v) is 12.6. The molecule has 56 heavy (non-hydrogen) atoms. The van der Waals surface area contributed by atoms with Crippen LogP contribution in [0.1, 0.15) is 104 Å². The first kappa shape index (κ1) is 36.0. The molecule has 4 aliphatic heterocycles. The maximum Gasteiger partial charge on any atom is 0.324 e. The SMILES string of the molecule is O=C1OC(c2ccccc2)C(c2ccccc2)N2C1C(C(=O)N1CCCCCCC1)C1(C(=O)Nc3ccc(C#CC4=CCCCC4)cc31)C2c1ccc(O)cc1. The number of aromatic hydroxyl groups is 1. The number of allylic oxidation sites excluding steroid dienone is 2. The lowest BCUT2D eigenvalue weighted by atomic mass is 9.65. The summed E-state index contributed by atoms with van der Waals surface area (Å²) < 4.78 is 6.57. The van der Waals surface area contributed by atoms with Gasteiger partial charge in [-0.2, -0.15) is 0 Å².